The van der Waals surface area contributed by atoms with Gasteiger partial charge in [0.25, 0.3) is 5.56 Å². The van der Waals surface area contributed by atoms with Crippen molar-refractivity contribution in [3.05, 3.63) is 58.0 Å². The number of fused-ring (bicyclic) bond motifs is 1. The van der Waals surface area contributed by atoms with Gasteiger partial charge in [0.15, 0.2) is 5.65 Å². The maximum absolute atomic E-state index is 11.9. The van der Waals surface area contributed by atoms with Crippen LogP contribution in [0.3, 0.4) is 0 Å². The van der Waals surface area contributed by atoms with Crippen molar-refractivity contribution in [2.75, 3.05) is 0 Å². The minimum absolute atomic E-state index is 0.149. The zero-order valence-corrected chi connectivity index (χ0v) is 10.6. The Labute approximate surface area is 109 Å². The maximum atomic E-state index is 11.9. The topological polar surface area (TPSA) is 76.2 Å². The molecule has 0 atom stereocenters. The van der Waals surface area contributed by atoms with Crippen LogP contribution in [0, 0.1) is 6.92 Å². The average Bonchev–Trinajstić information content (AvgIpc) is 2.84. The molecule has 2 aromatic heterocycles. The molecule has 19 heavy (non-hydrogen) atoms. The lowest BCUT2D eigenvalue weighted by Crippen LogP contribution is -2.16. The van der Waals surface area contributed by atoms with Crippen molar-refractivity contribution in [1.29, 1.82) is 0 Å². The van der Waals surface area contributed by atoms with Crippen LogP contribution in [0.1, 0.15) is 11.3 Å². The van der Waals surface area contributed by atoms with Crippen molar-refractivity contribution in [3.63, 3.8) is 0 Å². The van der Waals surface area contributed by atoms with Crippen molar-refractivity contribution in [3.8, 4) is 11.3 Å². The van der Waals surface area contributed by atoms with E-state index in [4.69, 9.17) is 5.73 Å². The summed E-state index contributed by atoms with van der Waals surface area (Å²) in [6, 6.07) is 11.4. The molecule has 3 rings (SSSR count). The Hall–Kier alpha value is -2.40. The van der Waals surface area contributed by atoms with Crippen molar-refractivity contribution in [2.24, 2.45) is 5.73 Å². The second-order valence-electron chi connectivity index (χ2n) is 4.52. The van der Waals surface area contributed by atoms with Crippen molar-refractivity contribution >= 4 is 5.65 Å². The highest BCUT2D eigenvalue weighted by Crippen LogP contribution is 2.18. The van der Waals surface area contributed by atoms with Gasteiger partial charge in [-0.05, 0) is 12.5 Å². The summed E-state index contributed by atoms with van der Waals surface area (Å²) in [4.78, 5) is 16.2. The lowest BCUT2D eigenvalue weighted by atomic mass is 10.1. The van der Waals surface area contributed by atoms with Crippen molar-refractivity contribution in [1.82, 2.24) is 14.6 Å². The molecule has 0 aliphatic rings. The minimum atomic E-state index is -0.149. The third-order valence-corrected chi connectivity index (χ3v) is 3.08. The Bertz CT molecular complexity index is 783. The molecule has 3 aromatic rings. The highest BCUT2D eigenvalue weighted by atomic mass is 16.1. The van der Waals surface area contributed by atoms with Gasteiger partial charge in [-0.25, -0.2) is 9.50 Å². The normalized spacial score (nSPS) is 11.1. The quantitative estimate of drug-likeness (QED) is 0.726. The van der Waals surface area contributed by atoms with E-state index in [1.165, 1.54) is 16.1 Å². The largest absolute Gasteiger partial charge is 0.325 e. The van der Waals surface area contributed by atoms with Gasteiger partial charge in [-0.2, -0.15) is 0 Å². The number of nitrogens with one attached hydrogen (secondary N) is 1. The van der Waals surface area contributed by atoms with E-state index in [0.29, 0.717) is 11.3 Å². The van der Waals surface area contributed by atoms with Crippen LogP contribution in [0.15, 0.2) is 41.2 Å². The highest BCUT2D eigenvalue weighted by molar-refractivity contribution is 5.64. The van der Waals surface area contributed by atoms with Crippen LogP contribution >= 0.6 is 0 Å². The molecule has 0 radical (unpaired) electrons. The van der Waals surface area contributed by atoms with E-state index >= 15 is 0 Å². The van der Waals surface area contributed by atoms with Gasteiger partial charge < -0.3 is 5.73 Å². The first kappa shape index (κ1) is 11.7. The van der Waals surface area contributed by atoms with Crippen LogP contribution in [-0.2, 0) is 6.54 Å². The first-order chi connectivity index (χ1) is 9.17. The summed E-state index contributed by atoms with van der Waals surface area (Å²) in [6.07, 6.45) is 0. The first-order valence-corrected chi connectivity index (χ1v) is 6.06. The van der Waals surface area contributed by atoms with Crippen LogP contribution in [-0.4, -0.2) is 14.6 Å². The Kier molecular flexibility index (Phi) is 2.68. The molecule has 0 aliphatic heterocycles. The van der Waals surface area contributed by atoms with Crippen molar-refractivity contribution < 1.29 is 0 Å². The standard InChI is InChI=1S/C14H14N4O/c1-9-2-4-10(5-3-9)12-7-13-16-11(8-15)6-14(19)18(13)17-12/h2-7,17H,8,15H2,1H3. The summed E-state index contributed by atoms with van der Waals surface area (Å²) < 4.78 is 1.42. The molecule has 0 fully saturated rings. The molecule has 0 amide bonds. The molecule has 0 unspecified atom stereocenters. The van der Waals surface area contributed by atoms with Crippen LogP contribution in [0.25, 0.3) is 16.9 Å². The van der Waals surface area contributed by atoms with Gasteiger partial charge in [0.05, 0.1) is 11.4 Å². The fourth-order valence-electron chi connectivity index (χ4n) is 2.03. The Morgan fingerprint density at radius 2 is 2.00 bits per heavy atom. The lowest BCUT2D eigenvalue weighted by molar-refractivity contribution is 0.872. The van der Waals surface area contributed by atoms with Crippen LogP contribution in [0.4, 0.5) is 0 Å². The smallest absolute Gasteiger partial charge is 0.272 e. The predicted octanol–water partition coefficient (Wildman–Crippen LogP) is 1.46. The summed E-state index contributed by atoms with van der Waals surface area (Å²) in [5.41, 5.74) is 9.63. The van der Waals surface area contributed by atoms with Crippen LogP contribution in [0.5, 0.6) is 0 Å². The number of rotatable bonds is 2. The third-order valence-electron chi connectivity index (χ3n) is 3.08. The van der Waals surface area contributed by atoms with E-state index in [0.717, 1.165) is 11.3 Å². The van der Waals surface area contributed by atoms with E-state index in [9.17, 15) is 4.79 Å². The van der Waals surface area contributed by atoms with Gasteiger partial charge in [-0.15, -0.1) is 0 Å². The van der Waals surface area contributed by atoms with Gasteiger partial charge in [-0.3, -0.25) is 9.89 Å². The molecular weight excluding hydrogens is 240 g/mol. The number of H-pyrrole nitrogens is 1. The number of nitrogens with two attached hydrogens (primary N) is 1. The van der Waals surface area contributed by atoms with Gasteiger partial charge in [-0.1, -0.05) is 29.8 Å². The van der Waals surface area contributed by atoms with Crippen LogP contribution < -0.4 is 11.3 Å². The number of aryl methyl sites for hydroxylation is 1. The molecule has 3 N–H and O–H groups in total. The zero-order chi connectivity index (χ0) is 13.4. The molecule has 5 heteroatoms. The fourth-order valence-corrected chi connectivity index (χ4v) is 2.03. The number of aromatic amines is 1. The Balaban J connectivity index is 2.18. The molecule has 2 heterocycles. The Morgan fingerprint density at radius 1 is 1.26 bits per heavy atom. The molecule has 0 saturated carbocycles. The molecule has 1 aromatic carbocycles. The molecule has 0 saturated heterocycles. The van der Waals surface area contributed by atoms with E-state index in [1.807, 2.05) is 37.3 Å². The van der Waals surface area contributed by atoms with E-state index in [-0.39, 0.29) is 12.1 Å². The third kappa shape index (κ3) is 2.04. The van der Waals surface area contributed by atoms with Gasteiger partial charge in [0.2, 0.25) is 0 Å². The molecular formula is C14H14N4O. The van der Waals surface area contributed by atoms with E-state index in [1.54, 1.807) is 0 Å². The summed E-state index contributed by atoms with van der Waals surface area (Å²) in [7, 11) is 0. The Morgan fingerprint density at radius 3 is 2.68 bits per heavy atom. The minimum Gasteiger partial charge on any atom is -0.325 e. The van der Waals surface area contributed by atoms with E-state index in [2.05, 4.69) is 10.1 Å². The average molecular weight is 254 g/mol. The number of benzene rings is 1. The van der Waals surface area contributed by atoms with Gasteiger partial charge in [0.1, 0.15) is 0 Å². The molecule has 5 nitrogen and oxygen atoms in total. The zero-order valence-electron chi connectivity index (χ0n) is 10.6. The maximum Gasteiger partial charge on any atom is 0.272 e. The van der Waals surface area contributed by atoms with Gasteiger partial charge in [0, 0.05) is 18.7 Å². The summed E-state index contributed by atoms with van der Waals surface area (Å²) >= 11 is 0. The fraction of sp³-hybridized carbons (Fsp3) is 0.143. The summed E-state index contributed by atoms with van der Waals surface area (Å²) in [6.45, 7) is 2.30. The second kappa shape index (κ2) is 4.37. The lowest BCUT2D eigenvalue weighted by Gasteiger charge is -1.97. The number of nitrogens with zero attached hydrogens (tertiary/aromatic N) is 2. The van der Waals surface area contributed by atoms with Crippen molar-refractivity contribution in [2.45, 2.75) is 13.5 Å². The monoisotopic (exact) mass is 254 g/mol. The number of hydrogen-bond donors (Lipinski definition) is 2. The SMILES string of the molecule is Cc1ccc(-c2cc3nc(CN)cc(=O)n3[nH]2)cc1. The number of aromatic nitrogens is 3. The summed E-state index contributed by atoms with van der Waals surface area (Å²) in [5.74, 6) is 0. The van der Waals surface area contributed by atoms with Gasteiger partial charge >= 0.3 is 0 Å². The molecule has 0 spiro atoms. The highest BCUT2D eigenvalue weighted by Gasteiger charge is 2.07. The number of hydrogen-bond acceptors (Lipinski definition) is 3. The second-order valence-corrected chi connectivity index (χ2v) is 4.52. The van der Waals surface area contributed by atoms with E-state index < -0.39 is 0 Å². The predicted molar refractivity (Wildman–Crippen MR) is 73.9 cm³/mol. The molecule has 96 valence electrons. The molecule has 0 bridgehead atoms. The van der Waals surface area contributed by atoms with Crippen LogP contribution in [0.2, 0.25) is 0 Å². The summed E-state index contributed by atoms with van der Waals surface area (Å²) in [5, 5.41) is 3.05. The first-order valence-electron chi connectivity index (χ1n) is 6.06. The molecule has 0 aliphatic carbocycles.